The van der Waals surface area contributed by atoms with Crippen molar-refractivity contribution in [2.75, 3.05) is 4.72 Å². The quantitative estimate of drug-likeness (QED) is 0.910. The van der Waals surface area contributed by atoms with E-state index in [1.165, 1.54) is 6.07 Å². The van der Waals surface area contributed by atoms with Gasteiger partial charge in [-0.25, -0.2) is 17.2 Å². The van der Waals surface area contributed by atoms with Gasteiger partial charge in [0.15, 0.2) is 11.6 Å². The topological polar surface area (TPSA) is 46.2 Å². The van der Waals surface area contributed by atoms with E-state index in [9.17, 15) is 17.2 Å². The summed E-state index contributed by atoms with van der Waals surface area (Å²) in [6.07, 6.45) is 0. The predicted octanol–water partition coefficient (Wildman–Crippen LogP) is 4.13. The van der Waals surface area contributed by atoms with Crippen molar-refractivity contribution in [1.82, 2.24) is 0 Å². The Balaban J connectivity index is 2.36. The molecule has 102 valence electrons. The molecule has 19 heavy (non-hydrogen) atoms. The van der Waals surface area contributed by atoms with Gasteiger partial charge in [0.25, 0.3) is 10.0 Å². The van der Waals surface area contributed by atoms with Crippen LogP contribution >= 0.6 is 34.5 Å². The maximum atomic E-state index is 13.0. The SMILES string of the molecule is O=S(=O)(Nc1ccc(F)c(F)c1)c1cc(Cl)sc1Cl. The van der Waals surface area contributed by atoms with E-state index in [1.54, 1.807) is 0 Å². The number of thiophene rings is 1. The summed E-state index contributed by atoms with van der Waals surface area (Å²) in [5, 5.41) is 0. The van der Waals surface area contributed by atoms with Crippen molar-refractivity contribution in [3.8, 4) is 0 Å². The molecule has 2 aromatic rings. The predicted molar refractivity (Wildman–Crippen MR) is 71.5 cm³/mol. The van der Waals surface area contributed by atoms with Crippen LogP contribution in [0.1, 0.15) is 0 Å². The molecule has 0 aliphatic rings. The van der Waals surface area contributed by atoms with E-state index < -0.39 is 21.7 Å². The summed E-state index contributed by atoms with van der Waals surface area (Å²) in [6, 6.07) is 3.82. The van der Waals surface area contributed by atoms with Gasteiger partial charge >= 0.3 is 0 Å². The molecular weight excluding hydrogens is 339 g/mol. The Morgan fingerprint density at radius 3 is 2.32 bits per heavy atom. The highest BCUT2D eigenvalue weighted by Crippen LogP contribution is 2.35. The van der Waals surface area contributed by atoms with Gasteiger partial charge in [-0.3, -0.25) is 4.72 Å². The second-order valence-electron chi connectivity index (χ2n) is 3.42. The Hall–Kier alpha value is -0.890. The minimum absolute atomic E-state index is 0.0138. The summed E-state index contributed by atoms with van der Waals surface area (Å²) < 4.78 is 51.9. The molecule has 1 aromatic carbocycles. The Labute approximate surface area is 121 Å². The highest BCUT2D eigenvalue weighted by atomic mass is 35.5. The molecule has 0 aliphatic carbocycles. The maximum Gasteiger partial charge on any atom is 0.264 e. The number of nitrogens with one attached hydrogen (secondary N) is 1. The first-order valence-corrected chi connectivity index (χ1v) is 7.78. The third-order valence-electron chi connectivity index (χ3n) is 2.09. The summed E-state index contributed by atoms with van der Waals surface area (Å²) in [5.74, 6) is -2.23. The molecule has 1 N–H and O–H groups in total. The molecule has 2 rings (SSSR count). The molecular formula is C10H5Cl2F2NO2S2. The molecule has 0 spiro atoms. The second kappa shape index (κ2) is 5.24. The molecule has 9 heteroatoms. The van der Waals surface area contributed by atoms with E-state index in [0.29, 0.717) is 0 Å². The summed E-state index contributed by atoms with van der Waals surface area (Å²) in [6.45, 7) is 0. The number of rotatable bonds is 3. The summed E-state index contributed by atoms with van der Waals surface area (Å²) >= 11 is 12.3. The lowest BCUT2D eigenvalue weighted by molar-refractivity contribution is 0.509. The van der Waals surface area contributed by atoms with Gasteiger partial charge in [-0.2, -0.15) is 0 Å². The van der Waals surface area contributed by atoms with Crippen molar-refractivity contribution in [2.45, 2.75) is 4.90 Å². The van der Waals surface area contributed by atoms with Gasteiger partial charge in [-0.15, -0.1) is 11.3 Å². The van der Waals surface area contributed by atoms with Crippen molar-refractivity contribution < 1.29 is 17.2 Å². The number of hydrogen-bond donors (Lipinski definition) is 1. The maximum absolute atomic E-state index is 13.0. The average molecular weight is 344 g/mol. The van der Waals surface area contributed by atoms with Gasteiger partial charge in [0.05, 0.1) is 10.0 Å². The van der Waals surface area contributed by atoms with Gasteiger partial charge < -0.3 is 0 Å². The molecule has 0 saturated carbocycles. The fraction of sp³-hybridized carbons (Fsp3) is 0. The Morgan fingerprint density at radius 1 is 1.11 bits per heavy atom. The zero-order valence-corrected chi connectivity index (χ0v) is 12.1. The molecule has 1 aromatic heterocycles. The molecule has 3 nitrogen and oxygen atoms in total. The minimum Gasteiger partial charge on any atom is -0.279 e. The summed E-state index contributed by atoms with van der Waals surface area (Å²) in [7, 11) is -4.00. The molecule has 0 amide bonds. The third-order valence-corrected chi connectivity index (χ3v) is 5.22. The van der Waals surface area contributed by atoms with Crippen LogP contribution in [0.15, 0.2) is 29.2 Å². The minimum atomic E-state index is -4.00. The van der Waals surface area contributed by atoms with E-state index in [4.69, 9.17) is 23.2 Å². The summed E-state index contributed by atoms with van der Waals surface area (Å²) in [4.78, 5) is -0.214. The zero-order valence-electron chi connectivity index (χ0n) is 8.95. The van der Waals surface area contributed by atoms with Crippen molar-refractivity contribution in [2.24, 2.45) is 0 Å². The molecule has 0 aliphatic heterocycles. The third kappa shape index (κ3) is 3.17. The van der Waals surface area contributed by atoms with Crippen molar-refractivity contribution in [3.63, 3.8) is 0 Å². The number of halogens is 4. The first-order chi connectivity index (χ1) is 8.79. The summed E-state index contributed by atoms with van der Waals surface area (Å²) in [5.41, 5.74) is -0.114. The first kappa shape index (κ1) is 14.5. The highest BCUT2D eigenvalue weighted by Gasteiger charge is 2.21. The van der Waals surface area contributed by atoms with Crippen LogP contribution in [0.25, 0.3) is 0 Å². The average Bonchev–Trinajstić information content (AvgIpc) is 2.63. The van der Waals surface area contributed by atoms with E-state index in [2.05, 4.69) is 4.72 Å². The first-order valence-electron chi connectivity index (χ1n) is 4.72. The highest BCUT2D eigenvalue weighted by molar-refractivity contribution is 7.93. The van der Waals surface area contributed by atoms with Crippen molar-refractivity contribution in [1.29, 1.82) is 0 Å². The van der Waals surface area contributed by atoms with Gasteiger partial charge in [0.2, 0.25) is 0 Å². The van der Waals surface area contributed by atoms with E-state index in [1.807, 2.05) is 0 Å². The normalized spacial score (nSPS) is 11.6. The van der Waals surface area contributed by atoms with Crippen LogP contribution in [0.2, 0.25) is 8.67 Å². The fourth-order valence-electron chi connectivity index (χ4n) is 1.28. The van der Waals surface area contributed by atoms with Crippen LogP contribution in [0.4, 0.5) is 14.5 Å². The van der Waals surface area contributed by atoms with Crippen LogP contribution in [0.3, 0.4) is 0 Å². The van der Waals surface area contributed by atoms with E-state index in [-0.39, 0.29) is 19.3 Å². The molecule has 0 saturated heterocycles. The second-order valence-corrected chi connectivity index (χ2v) is 7.36. The van der Waals surface area contributed by atoms with Gasteiger partial charge in [-0.05, 0) is 18.2 Å². The van der Waals surface area contributed by atoms with Gasteiger partial charge in [0.1, 0.15) is 9.23 Å². The zero-order chi connectivity index (χ0) is 14.2. The van der Waals surface area contributed by atoms with Crippen LogP contribution in [-0.4, -0.2) is 8.42 Å². The number of sulfonamides is 1. The van der Waals surface area contributed by atoms with Gasteiger partial charge in [-0.1, -0.05) is 23.2 Å². The number of anilines is 1. The lowest BCUT2D eigenvalue weighted by Gasteiger charge is -2.07. The van der Waals surface area contributed by atoms with Crippen LogP contribution in [-0.2, 0) is 10.0 Å². The van der Waals surface area contributed by atoms with Gasteiger partial charge in [0, 0.05) is 6.07 Å². The smallest absolute Gasteiger partial charge is 0.264 e. The molecule has 0 bridgehead atoms. The standard InChI is InChI=1S/C10H5Cl2F2NO2S2/c11-9-4-8(10(12)18-9)19(16,17)15-5-1-2-6(13)7(14)3-5/h1-4,15H. The van der Waals surface area contributed by atoms with Crippen LogP contribution in [0.5, 0.6) is 0 Å². The lowest BCUT2D eigenvalue weighted by atomic mass is 10.3. The number of benzene rings is 1. The largest absolute Gasteiger partial charge is 0.279 e. The van der Waals surface area contributed by atoms with Crippen molar-refractivity contribution in [3.05, 3.63) is 44.6 Å². The molecule has 0 atom stereocenters. The molecule has 0 radical (unpaired) electrons. The Kier molecular flexibility index (Phi) is 4.00. The Morgan fingerprint density at radius 2 is 1.79 bits per heavy atom. The molecule has 0 fully saturated rings. The van der Waals surface area contributed by atoms with Crippen LogP contribution < -0.4 is 4.72 Å². The Bertz CT molecular complexity index is 731. The van der Waals surface area contributed by atoms with E-state index in [0.717, 1.165) is 29.5 Å². The lowest BCUT2D eigenvalue weighted by Crippen LogP contribution is -2.12. The molecule has 1 heterocycles. The molecule has 0 unspecified atom stereocenters. The van der Waals surface area contributed by atoms with Crippen molar-refractivity contribution >= 4 is 50.2 Å². The van der Waals surface area contributed by atoms with E-state index >= 15 is 0 Å². The van der Waals surface area contributed by atoms with Crippen LogP contribution in [0, 0.1) is 11.6 Å². The fourth-order valence-corrected chi connectivity index (χ4v) is 4.48. The number of hydrogen-bond acceptors (Lipinski definition) is 3. The monoisotopic (exact) mass is 343 g/mol.